The Morgan fingerprint density at radius 2 is 2.25 bits per heavy atom. The number of aromatic nitrogens is 2. The second-order valence-corrected chi connectivity index (χ2v) is 5.19. The number of nitrogens with one attached hydrogen (secondary N) is 1. The second kappa shape index (κ2) is 5.24. The lowest BCUT2D eigenvalue weighted by Gasteiger charge is -2.18. The number of nitrogens with zero attached hydrogens (tertiary/aromatic N) is 2. The van der Waals surface area contributed by atoms with Crippen molar-refractivity contribution in [3.63, 3.8) is 0 Å². The molecule has 106 valence electrons. The maximum Gasteiger partial charge on any atom is 0.187 e. The summed E-state index contributed by atoms with van der Waals surface area (Å²) >= 11 is 0. The van der Waals surface area contributed by atoms with Crippen LogP contribution in [0, 0.1) is 11.1 Å². The summed E-state index contributed by atoms with van der Waals surface area (Å²) in [6, 6.07) is 5.36. The van der Waals surface area contributed by atoms with E-state index in [1.54, 1.807) is 12.1 Å². The van der Waals surface area contributed by atoms with Gasteiger partial charge in [0.25, 0.3) is 0 Å². The fourth-order valence-corrected chi connectivity index (χ4v) is 2.20. The molecule has 0 radical (unpaired) electrons. The molecule has 0 saturated heterocycles. The number of anilines is 1. The largest absolute Gasteiger partial charge is 0.595 e. The molecule has 1 aromatic heterocycles. The van der Waals surface area contributed by atoms with Crippen LogP contribution in [-0.2, 0) is 11.4 Å². The number of benzene rings is 1. The van der Waals surface area contributed by atoms with Crippen molar-refractivity contribution in [2.45, 2.75) is 19.4 Å². The van der Waals surface area contributed by atoms with Gasteiger partial charge in [0, 0.05) is 24.4 Å². The third-order valence-electron chi connectivity index (χ3n) is 3.57. The van der Waals surface area contributed by atoms with Crippen molar-refractivity contribution in [2.24, 2.45) is 5.92 Å². The van der Waals surface area contributed by atoms with Gasteiger partial charge in [-0.25, -0.2) is 4.84 Å². The Labute approximate surface area is 117 Å². The first-order valence-electron chi connectivity index (χ1n) is 6.68. The lowest BCUT2D eigenvalue weighted by Crippen LogP contribution is -3.00. The molecule has 0 amide bonds. The number of quaternary nitrogens is 1. The first-order valence-corrected chi connectivity index (χ1v) is 6.68. The first kappa shape index (κ1) is 13.1. The Balaban J connectivity index is 1.87. The average molecular weight is 274 g/mol. The topological polar surface area (TPSA) is 80.6 Å². The number of hydrogen-bond acceptors (Lipinski definition) is 4. The molecule has 0 aliphatic heterocycles. The van der Waals surface area contributed by atoms with E-state index in [4.69, 9.17) is 10.6 Å². The quantitative estimate of drug-likeness (QED) is 0.632. The summed E-state index contributed by atoms with van der Waals surface area (Å²) in [7, 11) is 1.35. The van der Waals surface area contributed by atoms with E-state index >= 15 is 0 Å². The summed E-state index contributed by atoms with van der Waals surface area (Å²) in [6.45, 7) is 0.971. The van der Waals surface area contributed by atoms with Crippen LogP contribution in [0.5, 0.6) is 0 Å². The highest BCUT2D eigenvalue weighted by atomic mass is 16.9. The van der Waals surface area contributed by atoms with Crippen molar-refractivity contribution in [3.8, 4) is 11.1 Å². The summed E-state index contributed by atoms with van der Waals surface area (Å²) in [5.74, 6) is 0.778. The molecule has 1 atom stereocenters. The smallest absolute Gasteiger partial charge is 0.187 e. The molecule has 1 saturated carbocycles. The van der Waals surface area contributed by atoms with E-state index in [9.17, 15) is 5.21 Å². The van der Waals surface area contributed by atoms with Gasteiger partial charge in [0.2, 0.25) is 0 Å². The number of nitrogens with two attached hydrogens (primary N) is 1. The fourth-order valence-electron chi connectivity index (χ4n) is 2.20. The molecule has 20 heavy (non-hydrogen) atoms. The molecule has 2 aromatic rings. The Morgan fingerprint density at radius 1 is 1.45 bits per heavy atom. The summed E-state index contributed by atoms with van der Waals surface area (Å²) in [5, 5.41) is 15.6. The summed E-state index contributed by atoms with van der Waals surface area (Å²) in [6.07, 6.45) is 6.41. The SMILES string of the molecule is CO[NH+]([O-])c1cc(-c2cnn(CC3CC3)c2)ccc1N. The zero-order valence-electron chi connectivity index (χ0n) is 11.4. The lowest BCUT2D eigenvalue weighted by atomic mass is 10.1. The average Bonchev–Trinajstić information content (AvgIpc) is 3.14. The highest BCUT2D eigenvalue weighted by molar-refractivity contribution is 5.71. The van der Waals surface area contributed by atoms with Crippen LogP contribution in [0.15, 0.2) is 30.6 Å². The Morgan fingerprint density at radius 3 is 2.95 bits per heavy atom. The van der Waals surface area contributed by atoms with Crippen molar-refractivity contribution in [1.82, 2.24) is 9.78 Å². The second-order valence-electron chi connectivity index (χ2n) is 5.19. The van der Waals surface area contributed by atoms with Crippen LogP contribution in [0.1, 0.15) is 12.8 Å². The maximum atomic E-state index is 11.7. The molecule has 0 bridgehead atoms. The summed E-state index contributed by atoms with van der Waals surface area (Å²) in [5.41, 5.74) is 8.51. The Kier molecular flexibility index (Phi) is 3.43. The predicted octanol–water partition coefficient (Wildman–Crippen LogP) is 1.12. The van der Waals surface area contributed by atoms with E-state index in [2.05, 4.69) is 5.10 Å². The number of rotatable bonds is 5. The number of nitrogen functional groups attached to an aromatic ring is 1. The number of hydrogen-bond donors (Lipinski definition) is 2. The lowest BCUT2D eigenvalue weighted by molar-refractivity contribution is -0.992. The van der Waals surface area contributed by atoms with Gasteiger partial charge < -0.3 is 10.9 Å². The monoisotopic (exact) mass is 274 g/mol. The van der Waals surface area contributed by atoms with Crippen LogP contribution in [0.4, 0.5) is 11.4 Å². The molecule has 1 aliphatic rings. The van der Waals surface area contributed by atoms with Crippen molar-refractivity contribution in [3.05, 3.63) is 35.8 Å². The molecular formula is C14H18N4O2. The summed E-state index contributed by atoms with van der Waals surface area (Å²) in [4.78, 5) is 4.73. The normalized spacial score (nSPS) is 16.3. The van der Waals surface area contributed by atoms with Gasteiger partial charge in [-0.05, 0) is 30.4 Å². The molecule has 1 unspecified atom stereocenters. The van der Waals surface area contributed by atoms with E-state index < -0.39 is 5.23 Å². The first-order chi connectivity index (χ1) is 9.67. The molecule has 1 heterocycles. The fraction of sp³-hybridized carbons (Fsp3) is 0.357. The molecule has 1 fully saturated rings. The molecule has 6 nitrogen and oxygen atoms in total. The minimum Gasteiger partial charge on any atom is -0.595 e. The minimum absolute atomic E-state index is 0.389. The Hall–Kier alpha value is -1.89. The highest BCUT2D eigenvalue weighted by Crippen LogP contribution is 2.31. The van der Waals surface area contributed by atoms with E-state index in [1.807, 2.05) is 23.1 Å². The third-order valence-corrected chi connectivity index (χ3v) is 3.57. The van der Waals surface area contributed by atoms with Crippen molar-refractivity contribution < 1.29 is 10.1 Å². The van der Waals surface area contributed by atoms with Gasteiger partial charge in [0.1, 0.15) is 0 Å². The van der Waals surface area contributed by atoms with Crippen LogP contribution < -0.4 is 11.0 Å². The Bertz CT molecular complexity index is 607. The van der Waals surface area contributed by atoms with Gasteiger partial charge in [-0.1, -0.05) is 6.07 Å². The van der Waals surface area contributed by atoms with Crippen molar-refractivity contribution in [1.29, 1.82) is 0 Å². The predicted molar refractivity (Wildman–Crippen MR) is 75.8 cm³/mol. The molecule has 1 aliphatic carbocycles. The van der Waals surface area contributed by atoms with E-state index in [1.165, 1.54) is 20.0 Å². The van der Waals surface area contributed by atoms with Crippen molar-refractivity contribution in [2.75, 3.05) is 12.8 Å². The molecule has 0 spiro atoms. The van der Waals surface area contributed by atoms with E-state index in [-0.39, 0.29) is 0 Å². The third kappa shape index (κ3) is 2.67. The van der Waals surface area contributed by atoms with Crippen LogP contribution >= 0.6 is 0 Å². The molecule has 3 rings (SSSR count). The zero-order valence-corrected chi connectivity index (χ0v) is 11.4. The van der Waals surface area contributed by atoms with Gasteiger partial charge in [-0.15, -0.1) is 0 Å². The standard InChI is InChI=1S/C14H18N4O2/c1-20-18(19)14-6-11(4-5-13(14)15)12-7-16-17(9-12)8-10-2-3-10/h4-7,9-10,18H,2-3,8,15H2,1H3. The van der Waals surface area contributed by atoms with E-state index in [0.717, 1.165) is 23.6 Å². The van der Waals surface area contributed by atoms with E-state index in [0.29, 0.717) is 11.4 Å². The molecule has 1 aromatic carbocycles. The molecule has 6 heteroatoms. The van der Waals surface area contributed by atoms with Gasteiger partial charge in [-0.2, -0.15) is 10.3 Å². The van der Waals surface area contributed by atoms with Gasteiger partial charge in [-0.3, -0.25) is 4.68 Å². The van der Waals surface area contributed by atoms with Crippen molar-refractivity contribution >= 4 is 11.4 Å². The van der Waals surface area contributed by atoms with Crippen LogP contribution in [-0.4, -0.2) is 16.9 Å². The van der Waals surface area contributed by atoms with Gasteiger partial charge >= 0.3 is 0 Å². The van der Waals surface area contributed by atoms with Crippen LogP contribution in [0.2, 0.25) is 0 Å². The summed E-state index contributed by atoms with van der Waals surface area (Å²) < 4.78 is 1.96. The highest BCUT2D eigenvalue weighted by Gasteiger charge is 2.22. The molecular weight excluding hydrogens is 256 g/mol. The minimum atomic E-state index is -0.422. The van der Waals surface area contributed by atoms with Gasteiger partial charge in [0.15, 0.2) is 5.69 Å². The maximum absolute atomic E-state index is 11.7. The zero-order chi connectivity index (χ0) is 14.1. The van der Waals surface area contributed by atoms with Crippen LogP contribution in [0.3, 0.4) is 0 Å². The van der Waals surface area contributed by atoms with Crippen LogP contribution in [0.25, 0.3) is 11.1 Å². The molecule has 3 N–H and O–H groups in total. The van der Waals surface area contributed by atoms with Gasteiger partial charge in [0.05, 0.1) is 19.0 Å².